The molecule has 0 bridgehead atoms. The Hall–Kier alpha value is -2.37. The number of hydrogen-bond donors (Lipinski definition) is 2. The molecule has 1 spiro atoms. The number of nitrogens with one attached hydrogen (secondary N) is 2. The van der Waals surface area contributed by atoms with Crippen LogP contribution in [0.1, 0.15) is 37.3 Å². The molecule has 2 N–H and O–H groups in total. The molecule has 1 atom stereocenters. The van der Waals surface area contributed by atoms with Crippen LogP contribution in [0.4, 0.5) is 4.79 Å². The van der Waals surface area contributed by atoms with Gasteiger partial charge in [-0.2, -0.15) is 0 Å². The van der Waals surface area contributed by atoms with Crippen LogP contribution in [0.2, 0.25) is 0 Å². The van der Waals surface area contributed by atoms with Crippen LogP contribution >= 0.6 is 0 Å². The summed E-state index contributed by atoms with van der Waals surface area (Å²) in [6.07, 6.45) is 3.31. The number of rotatable bonds is 3. The second-order valence-electron chi connectivity index (χ2n) is 6.04. The minimum Gasteiger partial charge on any atom is -0.355 e. The summed E-state index contributed by atoms with van der Waals surface area (Å²) in [4.78, 5) is 38.2. The van der Waals surface area contributed by atoms with Gasteiger partial charge >= 0.3 is 6.03 Å². The van der Waals surface area contributed by atoms with Crippen molar-refractivity contribution in [2.24, 2.45) is 0 Å². The van der Waals surface area contributed by atoms with Gasteiger partial charge in [-0.3, -0.25) is 14.5 Å². The van der Waals surface area contributed by atoms with Crippen LogP contribution < -0.4 is 10.6 Å². The number of fused-ring (bicyclic) bond motifs is 2. The molecule has 1 aliphatic carbocycles. The Morgan fingerprint density at radius 2 is 2.09 bits per heavy atom. The Kier molecular flexibility index (Phi) is 4.07. The minimum atomic E-state index is -1.02. The Morgan fingerprint density at radius 3 is 2.87 bits per heavy atom. The third kappa shape index (κ3) is 2.58. The lowest BCUT2D eigenvalue weighted by molar-refractivity contribution is -0.135. The Labute approximate surface area is 135 Å². The van der Waals surface area contributed by atoms with Crippen molar-refractivity contribution in [3.8, 4) is 0 Å². The van der Waals surface area contributed by atoms with Gasteiger partial charge in [-0.05, 0) is 43.7 Å². The molecule has 1 aliphatic heterocycles. The predicted octanol–water partition coefficient (Wildman–Crippen LogP) is 1.30. The van der Waals surface area contributed by atoms with Gasteiger partial charge < -0.3 is 10.6 Å². The normalized spacial score (nSPS) is 23.4. The highest BCUT2D eigenvalue weighted by Crippen LogP contribution is 2.38. The van der Waals surface area contributed by atoms with Gasteiger partial charge in [0.1, 0.15) is 12.1 Å². The number of amides is 4. The molecule has 1 unspecified atom stereocenters. The summed E-state index contributed by atoms with van der Waals surface area (Å²) < 4.78 is 0. The fraction of sp³-hybridized carbons (Fsp3) is 0.471. The summed E-state index contributed by atoms with van der Waals surface area (Å²) in [5.41, 5.74) is 0.948. The summed E-state index contributed by atoms with van der Waals surface area (Å²) in [6.45, 7) is 2.03. The first-order valence-corrected chi connectivity index (χ1v) is 8.07. The second-order valence-corrected chi connectivity index (χ2v) is 6.04. The molecular formula is C17H21N3O3. The summed E-state index contributed by atoms with van der Waals surface area (Å²) in [5, 5.41) is 5.49. The van der Waals surface area contributed by atoms with Crippen molar-refractivity contribution in [3.05, 3.63) is 35.4 Å². The van der Waals surface area contributed by atoms with Gasteiger partial charge in [-0.25, -0.2) is 4.79 Å². The molecule has 2 aliphatic rings. The van der Waals surface area contributed by atoms with Gasteiger partial charge in [0, 0.05) is 6.54 Å². The van der Waals surface area contributed by atoms with Crippen molar-refractivity contribution in [1.82, 2.24) is 15.5 Å². The molecular weight excluding hydrogens is 294 g/mol. The molecule has 1 saturated heterocycles. The number of carbonyl (C=O) groups excluding carboxylic acids is 3. The van der Waals surface area contributed by atoms with E-state index in [-0.39, 0.29) is 18.4 Å². The maximum atomic E-state index is 13.0. The zero-order valence-corrected chi connectivity index (χ0v) is 13.2. The third-order valence-corrected chi connectivity index (χ3v) is 4.58. The van der Waals surface area contributed by atoms with Crippen molar-refractivity contribution < 1.29 is 14.4 Å². The molecule has 3 rings (SSSR count). The first kappa shape index (κ1) is 15.5. The van der Waals surface area contributed by atoms with E-state index >= 15 is 0 Å². The summed E-state index contributed by atoms with van der Waals surface area (Å²) in [7, 11) is 0. The first-order chi connectivity index (χ1) is 11.1. The van der Waals surface area contributed by atoms with Crippen molar-refractivity contribution in [2.45, 2.75) is 38.1 Å². The zero-order valence-electron chi connectivity index (χ0n) is 13.2. The minimum absolute atomic E-state index is 0.234. The maximum absolute atomic E-state index is 13.0. The smallest absolute Gasteiger partial charge is 0.325 e. The maximum Gasteiger partial charge on any atom is 0.325 e. The Morgan fingerprint density at radius 1 is 1.30 bits per heavy atom. The first-order valence-electron chi connectivity index (χ1n) is 8.07. The van der Waals surface area contributed by atoms with Crippen LogP contribution in [0, 0.1) is 0 Å². The molecule has 1 fully saturated rings. The summed E-state index contributed by atoms with van der Waals surface area (Å²) in [5.74, 6) is -0.641. The standard InChI is InChI=1S/C17H21N3O3/c1-2-18-14(21)11-20-15(22)17(19-16(20)23)10-6-5-8-12-7-3-4-9-13(12)17/h3-4,7,9H,2,5-6,8,10-11H2,1H3,(H,18,21)(H,19,23). The molecule has 1 heterocycles. The number of nitrogens with zero attached hydrogens (tertiary/aromatic N) is 1. The highest BCUT2D eigenvalue weighted by molar-refractivity contribution is 6.09. The van der Waals surface area contributed by atoms with E-state index in [4.69, 9.17) is 0 Å². The highest BCUT2D eigenvalue weighted by atomic mass is 16.2. The molecule has 6 nitrogen and oxygen atoms in total. The molecule has 1 aromatic rings. The number of urea groups is 1. The van der Waals surface area contributed by atoms with Gasteiger partial charge in [0.2, 0.25) is 5.91 Å². The van der Waals surface area contributed by atoms with Crippen LogP contribution in [0.3, 0.4) is 0 Å². The van der Waals surface area contributed by atoms with Gasteiger partial charge in [0.25, 0.3) is 5.91 Å². The van der Waals surface area contributed by atoms with Crippen LogP contribution in [0.25, 0.3) is 0 Å². The van der Waals surface area contributed by atoms with E-state index < -0.39 is 11.6 Å². The second kappa shape index (κ2) is 6.02. The van der Waals surface area contributed by atoms with Crippen LogP contribution in [-0.4, -0.2) is 35.8 Å². The van der Waals surface area contributed by atoms with Gasteiger partial charge in [-0.15, -0.1) is 0 Å². The van der Waals surface area contributed by atoms with E-state index in [0.717, 1.165) is 35.3 Å². The number of carbonyl (C=O) groups is 3. The average Bonchev–Trinajstić information content (AvgIpc) is 2.69. The SMILES string of the molecule is CCNC(=O)CN1C(=O)NC2(CCCCc3ccccc32)C1=O. The van der Waals surface area contributed by atoms with E-state index in [1.807, 2.05) is 24.3 Å². The van der Waals surface area contributed by atoms with E-state index in [1.54, 1.807) is 6.92 Å². The van der Waals surface area contributed by atoms with Gasteiger partial charge in [0.05, 0.1) is 0 Å². The zero-order chi connectivity index (χ0) is 16.4. The number of likely N-dealkylation sites (N-methyl/N-ethyl adjacent to an activating group) is 1. The summed E-state index contributed by atoms with van der Waals surface area (Å²) >= 11 is 0. The van der Waals surface area contributed by atoms with Crippen LogP contribution in [0.5, 0.6) is 0 Å². The fourth-order valence-electron chi connectivity index (χ4n) is 3.51. The van der Waals surface area contributed by atoms with Crippen LogP contribution in [0.15, 0.2) is 24.3 Å². The topological polar surface area (TPSA) is 78.5 Å². The predicted molar refractivity (Wildman–Crippen MR) is 84.6 cm³/mol. The lowest BCUT2D eigenvalue weighted by Crippen LogP contribution is -2.45. The monoisotopic (exact) mass is 315 g/mol. The number of hydrogen-bond acceptors (Lipinski definition) is 3. The molecule has 1 aromatic carbocycles. The van der Waals surface area contributed by atoms with Crippen molar-refractivity contribution in [3.63, 3.8) is 0 Å². The fourth-order valence-corrected chi connectivity index (χ4v) is 3.51. The molecule has 23 heavy (non-hydrogen) atoms. The molecule has 0 radical (unpaired) electrons. The van der Waals surface area contributed by atoms with Crippen LogP contribution in [-0.2, 0) is 21.5 Å². The van der Waals surface area contributed by atoms with E-state index in [1.165, 1.54) is 0 Å². The summed E-state index contributed by atoms with van der Waals surface area (Å²) in [6, 6.07) is 7.27. The quantitative estimate of drug-likeness (QED) is 0.825. The Balaban J connectivity index is 1.95. The van der Waals surface area contributed by atoms with Gasteiger partial charge in [0.15, 0.2) is 0 Å². The highest BCUT2D eigenvalue weighted by Gasteiger charge is 2.53. The van der Waals surface area contributed by atoms with E-state index in [0.29, 0.717) is 13.0 Å². The van der Waals surface area contributed by atoms with E-state index in [2.05, 4.69) is 10.6 Å². The number of imide groups is 1. The largest absolute Gasteiger partial charge is 0.355 e. The molecule has 0 saturated carbocycles. The lowest BCUT2D eigenvalue weighted by Gasteiger charge is -2.27. The third-order valence-electron chi connectivity index (χ3n) is 4.58. The number of aryl methyl sites for hydroxylation is 1. The Bertz CT molecular complexity index is 658. The van der Waals surface area contributed by atoms with E-state index in [9.17, 15) is 14.4 Å². The molecule has 0 aromatic heterocycles. The van der Waals surface area contributed by atoms with Gasteiger partial charge in [-0.1, -0.05) is 24.3 Å². The van der Waals surface area contributed by atoms with Crippen molar-refractivity contribution in [1.29, 1.82) is 0 Å². The average molecular weight is 315 g/mol. The number of benzene rings is 1. The molecule has 6 heteroatoms. The molecule has 4 amide bonds. The molecule has 122 valence electrons. The lowest BCUT2D eigenvalue weighted by atomic mass is 9.84. The van der Waals surface area contributed by atoms with Crippen molar-refractivity contribution in [2.75, 3.05) is 13.1 Å². The van der Waals surface area contributed by atoms with Crippen molar-refractivity contribution >= 4 is 17.8 Å².